The molecule has 3 aromatic carbocycles. The summed E-state index contributed by atoms with van der Waals surface area (Å²) in [5.41, 5.74) is 2.03. The summed E-state index contributed by atoms with van der Waals surface area (Å²) in [5, 5.41) is 12.2. The number of hydrogen-bond acceptors (Lipinski definition) is 5. The van der Waals surface area contributed by atoms with Crippen LogP contribution >= 0.6 is 11.6 Å². The maximum absolute atomic E-state index is 13.6. The van der Waals surface area contributed by atoms with Gasteiger partial charge in [-0.3, -0.25) is 19.7 Å². The highest BCUT2D eigenvalue weighted by Gasteiger charge is 2.43. The Labute approximate surface area is 193 Å². The van der Waals surface area contributed by atoms with Crippen LogP contribution in [0.4, 0.5) is 5.69 Å². The average Bonchev–Trinajstić information content (AvgIpc) is 3.08. The van der Waals surface area contributed by atoms with Gasteiger partial charge in [0.05, 0.1) is 21.9 Å². The van der Waals surface area contributed by atoms with Crippen LogP contribution in [-0.2, 0) is 6.54 Å². The number of halogens is 1. The Balaban J connectivity index is 1.76. The van der Waals surface area contributed by atoms with Crippen molar-refractivity contribution < 1.29 is 14.1 Å². The predicted octanol–water partition coefficient (Wildman–Crippen LogP) is 5.41. The second-order valence-electron chi connectivity index (χ2n) is 7.95. The topological polar surface area (TPSA) is 93.7 Å². The van der Waals surface area contributed by atoms with Crippen molar-refractivity contribution in [2.45, 2.75) is 19.5 Å². The molecule has 2 heterocycles. The lowest BCUT2D eigenvalue weighted by molar-refractivity contribution is -0.384. The molecule has 0 saturated heterocycles. The van der Waals surface area contributed by atoms with E-state index in [4.69, 9.17) is 16.0 Å². The zero-order valence-corrected chi connectivity index (χ0v) is 18.2. The molecule has 1 unspecified atom stereocenters. The van der Waals surface area contributed by atoms with E-state index in [0.29, 0.717) is 27.1 Å². The summed E-state index contributed by atoms with van der Waals surface area (Å²) in [5.74, 6) is -0.527. The van der Waals surface area contributed by atoms with Gasteiger partial charge in [0.1, 0.15) is 5.58 Å². The number of nitro benzene ring substituents is 1. The summed E-state index contributed by atoms with van der Waals surface area (Å²) in [4.78, 5) is 39.4. The normalized spacial score (nSPS) is 15.2. The van der Waals surface area contributed by atoms with Crippen molar-refractivity contribution in [3.63, 3.8) is 0 Å². The van der Waals surface area contributed by atoms with Gasteiger partial charge in [0.15, 0.2) is 5.43 Å². The number of fused-ring (bicyclic) bond motifs is 2. The minimum atomic E-state index is -0.857. The van der Waals surface area contributed by atoms with E-state index in [1.807, 2.05) is 6.92 Å². The van der Waals surface area contributed by atoms with Crippen molar-refractivity contribution in [1.82, 2.24) is 4.90 Å². The van der Waals surface area contributed by atoms with Gasteiger partial charge in [-0.25, -0.2) is 0 Å². The SMILES string of the molecule is Cc1ccc2oc3c(c(=O)c2c1)C(c1cccc([N+](=O)[O-])c1)N(Cc1ccccc1Cl)C3=O. The largest absolute Gasteiger partial charge is 0.450 e. The van der Waals surface area contributed by atoms with Gasteiger partial charge >= 0.3 is 0 Å². The van der Waals surface area contributed by atoms with Crippen LogP contribution in [0.2, 0.25) is 5.02 Å². The summed E-state index contributed by atoms with van der Waals surface area (Å²) in [6.45, 7) is 1.96. The Morgan fingerprint density at radius 3 is 2.61 bits per heavy atom. The minimum absolute atomic E-state index is 0.0556. The molecule has 0 aliphatic carbocycles. The zero-order valence-electron chi connectivity index (χ0n) is 17.4. The number of amides is 1. The van der Waals surface area contributed by atoms with Crippen molar-refractivity contribution in [3.05, 3.63) is 120 Å². The number of nitrogens with zero attached hydrogens (tertiary/aromatic N) is 2. The molecule has 4 aromatic rings. The molecular formula is C25H17ClN2O5. The molecule has 1 aromatic heterocycles. The quantitative estimate of drug-likeness (QED) is 0.300. The molecule has 33 heavy (non-hydrogen) atoms. The number of carbonyl (C=O) groups is 1. The second-order valence-corrected chi connectivity index (χ2v) is 8.36. The number of hydrogen-bond donors (Lipinski definition) is 0. The summed E-state index contributed by atoms with van der Waals surface area (Å²) < 4.78 is 5.92. The van der Waals surface area contributed by atoms with Crippen LogP contribution < -0.4 is 5.43 Å². The molecule has 0 bridgehead atoms. The Bertz CT molecular complexity index is 1510. The van der Waals surface area contributed by atoms with Gasteiger partial charge in [0.2, 0.25) is 5.76 Å². The standard InChI is InChI=1S/C25H17ClN2O5/c1-14-9-10-20-18(11-14)23(29)21-22(15-6-4-7-17(12-15)28(31)32)27(25(30)24(21)33-20)13-16-5-2-3-8-19(16)26/h2-12,22H,13H2,1H3. The van der Waals surface area contributed by atoms with Gasteiger partial charge in [-0.15, -0.1) is 0 Å². The lowest BCUT2D eigenvalue weighted by Crippen LogP contribution is -2.29. The number of aryl methyl sites for hydroxylation is 1. The molecule has 1 aliphatic heterocycles. The third-order valence-electron chi connectivity index (χ3n) is 5.82. The lowest BCUT2D eigenvalue weighted by Gasteiger charge is -2.25. The fourth-order valence-corrected chi connectivity index (χ4v) is 4.46. The van der Waals surface area contributed by atoms with E-state index < -0.39 is 16.9 Å². The van der Waals surface area contributed by atoms with Crippen molar-refractivity contribution in [2.75, 3.05) is 0 Å². The first-order valence-electron chi connectivity index (χ1n) is 10.2. The van der Waals surface area contributed by atoms with E-state index in [2.05, 4.69) is 0 Å². The molecule has 0 saturated carbocycles. The Hall–Kier alpha value is -3.97. The summed E-state index contributed by atoms with van der Waals surface area (Å²) in [6.07, 6.45) is 0. The van der Waals surface area contributed by atoms with Crippen LogP contribution in [0.25, 0.3) is 11.0 Å². The molecule has 1 atom stereocenters. The van der Waals surface area contributed by atoms with Crippen LogP contribution in [0.1, 0.15) is 38.9 Å². The van der Waals surface area contributed by atoms with Crippen molar-refractivity contribution in [2.24, 2.45) is 0 Å². The van der Waals surface area contributed by atoms with Crippen LogP contribution in [0.5, 0.6) is 0 Å². The van der Waals surface area contributed by atoms with Crippen molar-refractivity contribution in [3.8, 4) is 0 Å². The number of non-ortho nitro benzene ring substituents is 1. The maximum Gasteiger partial charge on any atom is 0.291 e. The fraction of sp³-hybridized carbons (Fsp3) is 0.120. The average molecular weight is 461 g/mol. The first kappa shape index (κ1) is 20.9. The molecule has 164 valence electrons. The molecule has 0 N–H and O–H groups in total. The number of benzene rings is 3. The first-order valence-corrected chi connectivity index (χ1v) is 10.6. The molecule has 0 radical (unpaired) electrons. The number of rotatable bonds is 4. The third-order valence-corrected chi connectivity index (χ3v) is 6.19. The summed E-state index contributed by atoms with van der Waals surface area (Å²) in [7, 11) is 0. The van der Waals surface area contributed by atoms with Gasteiger partial charge in [-0.05, 0) is 36.2 Å². The number of carbonyl (C=O) groups excluding carboxylic acids is 1. The van der Waals surface area contributed by atoms with Gasteiger partial charge in [0, 0.05) is 23.7 Å². The van der Waals surface area contributed by atoms with E-state index in [0.717, 1.165) is 5.56 Å². The third kappa shape index (κ3) is 3.47. The van der Waals surface area contributed by atoms with Crippen molar-refractivity contribution in [1.29, 1.82) is 0 Å². The Morgan fingerprint density at radius 2 is 1.85 bits per heavy atom. The zero-order chi connectivity index (χ0) is 23.3. The molecule has 1 aliphatic rings. The highest BCUT2D eigenvalue weighted by molar-refractivity contribution is 6.31. The smallest absolute Gasteiger partial charge is 0.291 e. The predicted molar refractivity (Wildman–Crippen MR) is 123 cm³/mol. The van der Waals surface area contributed by atoms with E-state index in [1.165, 1.54) is 23.1 Å². The van der Waals surface area contributed by atoms with E-state index in [1.54, 1.807) is 48.5 Å². The van der Waals surface area contributed by atoms with Gasteiger partial charge in [-0.2, -0.15) is 0 Å². The van der Waals surface area contributed by atoms with E-state index >= 15 is 0 Å². The monoisotopic (exact) mass is 460 g/mol. The minimum Gasteiger partial charge on any atom is -0.450 e. The second kappa shape index (κ2) is 7.86. The first-order chi connectivity index (χ1) is 15.8. The molecule has 7 nitrogen and oxygen atoms in total. The summed E-state index contributed by atoms with van der Waals surface area (Å²) in [6, 6.07) is 17.4. The molecule has 0 fully saturated rings. The van der Waals surface area contributed by atoms with E-state index in [9.17, 15) is 19.7 Å². The fourth-order valence-electron chi connectivity index (χ4n) is 4.26. The summed E-state index contributed by atoms with van der Waals surface area (Å²) >= 11 is 6.34. The molecule has 5 rings (SSSR count). The molecule has 0 spiro atoms. The number of nitro groups is 1. The Kier molecular flexibility index (Phi) is 4.98. The van der Waals surface area contributed by atoms with Gasteiger partial charge in [-0.1, -0.05) is 53.6 Å². The highest BCUT2D eigenvalue weighted by Crippen LogP contribution is 2.40. The van der Waals surface area contributed by atoms with Crippen LogP contribution in [-0.4, -0.2) is 15.7 Å². The van der Waals surface area contributed by atoms with Gasteiger partial charge < -0.3 is 9.32 Å². The van der Waals surface area contributed by atoms with E-state index in [-0.39, 0.29) is 29.0 Å². The van der Waals surface area contributed by atoms with Crippen LogP contribution in [0.15, 0.2) is 75.9 Å². The van der Waals surface area contributed by atoms with Gasteiger partial charge in [0.25, 0.3) is 11.6 Å². The molecule has 8 heteroatoms. The molecule has 1 amide bonds. The Morgan fingerprint density at radius 1 is 1.06 bits per heavy atom. The van der Waals surface area contributed by atoms with Crippen LogP contribution in [0.3, 0.4) is 0 Å². The van der Waals surface area contributed by atoms with Crippen molar-refractivity contribution >= 4 is 34.2 Å². The molecular weight excluding hydrogens is 444 g/mol. The maximum atomic E-state index is 13.6. The highest BCUT2D eigenvalue weighted by atomic mass is 35.5. The lowest BCUT2D eigenvalue weighted by atomic mass is 9.97. The van der Waals surface area contributed by atoms with Crippen LogP contribution in [0, 0.1) is 17.0 Å².